The molecule has 1 aromatic rings. The molecular formula is C12H16ClNO5S. The minimum atomic E-state index is -3.61. The Morgan fingerprint density at radius 2 is 2.00 bits per heavy atom. The molecule has 0 bridgehead atoms. The van der Waals surface area contributed by atoms with E-state index in [1.807, 2.05) is 0 Å². The predicted molar refractivity (Wildman–Crippen MR) is 76.9 cm³/mol. The second kappa shape index (κ2) is 6.41. The summed E-state index contributed by atoms with van der Waals surface area (Å²) >= 11 is 0. The molecule has 0 aromatic heterocycles. The number of benzene rings is 1. The molecule has 1 atom stereocenters. The van der Waals surface area contributed by atoms with Crippen LogP contribution in [0, 0.1) is 29.9 Å². The smallest absolute Gasteiger partial charge is 0.311 e. The lowest BCUT2D eigenvalue weighted by molar-refractivity contribution is -0.386. The quantitative estimate of drug-likeness (QED) is 0.457. The third-order valence-corrected chi connectivity index (χ3v) is 3.94. The maximum atomic E-state index is 11.0. The number of nitro groups is 1. The first-order valence-corrected chi connectivity index (χ1v) is 8.38. The normalized spacial score (nSPS) is 13.0. The van der Waals surface area contributed by atoms with Gasteiger partial charge in [-0.2, -0.15) is 0 Å². The highest BCUT2D eigenvalue weighted by atomic mass is 35.7. The summed E-state index contributed by atoms with van der Waals surface area (Å²) in [5.41, 5.74) is 1.28. The van der Waals surface area contributed by atoms with E-state index in [2.05, 4.69) is 0 Å². The fourth-order valence-electron chi connectivity index (χ4n) is 1.87. The van der Waals surface area contributed by atoms with Crippen LogP contribution in [-0.4, -0.2) is 25.7 Å². The van der Waals surface area contributed by atoms with Gasteiger partial charge in [-0.3, -0.25) is 10.1 Å². The van der Waals surface area contributed by atoms with Crippen molar-refractivity contribution in [1.29, 1.82) is 0 Å². The molecule has 112 valence electrons. The summed E-state index contributed by atoms with van der Waals surface area (Å²) in [4.78, 5) is 10.5. The third-order valence-electron chi connectivity index (χ3n) is 2.59. The molecule has 6 nitrogen and oxygen atoms in total. The van der Waals surface area contributed by atoms with Gasteiger partial charge in [0.1, 0.15) is 0 Å². The van der Waals surface area contributed by atoms with E-state index in [9.17, 15) is 18.5 Å². The number of nitrogens with zero attached hydrogens (tertiary/aromatic N) is 1. The van der Waals surface area contributed by atoms with Gasteiger partial charge >= 0.3 is 5.69 Å². The van der Waals surface area contributed by atoms with Crippen molar-refractivity contribution in [3.63, 3.8) is 0 Å². The zero-order valence-electron chi connectivity index (χ0n) is 11.4. The van der Waals surface area contributed by atoms with E-state index in [1.165, 1.54) is 6.07 Å². The maximum absolute atomic E-state index is 11.0. The minimum absolute atomic E-state index is 0.0384. The van der Waals surface area contributed by atoms with Gasteiger partial charge < -0.3 is 4.74 Å². The van der Waals surface area contributed by atoms with Crippen LogP contribution in [0.1, 0.15) is 18.1 Å². The van der Waals surface area contributed by atoms with Crippen LogP contribution in [0.25, 0.3) is 0 Å². The second-order valence-corrected chi connectivity index (χ2v) is 7.63. The lowest BCUT2D eigenvalue weighted by Gasteiger charge is -2.14. The Hall–Kier alpha value is -1.34. The van der Waals surface area contributed by atoms with Crippen LogP contribution in [-0.2, 0) is 9.05 Å². The Kier molecular flexibility index (Phi) is 5.35. The van der Waals surface area contributed by atoms with Crippen molar-refractivity contribution in [2.45, 2.75) is 20.8 Å². The molecule has 1 rings (SSSR count). The van der Waals surface area contributed by atoms with Crippen molar-refractivity contribution in [2.75, 3.05) is 12.4 Å². The SMILES string of the molecule is Cc1cc(C)c(OCC(C)CS(=O)(=O)Cl)c([N+](=O)[O-])c1. The summed E-state index contributed by atoms with van der Waals surface area (Å²) < 4.78 is 27.3. The Balaban J connectivity index is 2.90. The Morgan fingerprint density at radius 1 is 1.40 bits per heavy atom. The standard InChI is InChI=1S/C12H16ClNO5S/c1-8-4-10(3)12(11(5-8)14(15)16)19-6-9(2)7-20(13,17)18/h4-5,9H,6-7H2,1-3H3. The first kappa shape index (κ1) is 16.7. The number of nitro benzene ring substituents is 1. The van der Waals surface area contributed by atoms with Crippen LogP contribution in [0.2, 0.25) is 0 Å². The number of rotatable bonds is 6. The zero-order chi connectivity index (χ0) is 15.5. The monoisotopic (exact) mass is 321 g/mol. The van der Waals surface area contributed by atoms with Crippen LogP contribution in [0.3, 0.4) is 0 Å². The first-order chi connectivity index (χ1) is 9.10. The van der Waals surface area contributed by atoms with Crippen molar-refractivity contribution in [1.82, 2.24) is 0 Å². The summed E-state index contributed by atoms with van der Waals surface area (Å²) in [5.74, 6) is -0.440. The van der Waals surface area contributed by atoms with E-state index in [-0.39, 0.29) is 29.7 Å². The van der Waals surface area contributed by atoms with E-state index in [0.29, 0.717) is 5.56 Å². The van der Waals surface area contributed by atoms with Crippen LogP contribution in [0.15, 0.2) is 12.1 Å². The molecule has 0 aliphatic carbocycles. The highest BCUT2D eigenvalue weighted by molar-refractivity contribution is 8.13. The minimum Gasteiger partial charge on any atom is -0.486 e. The van der Waals surface area contributed by atoms with Crippen molar-refractivity contribution in [2.24, 2.45) is 5.92 Å². The molecule has 0 saturated carbocycles. The molecule has 1 aromatic carbocycles. The molecule has 0 radical (unpaired) electrons. The first-order valence-electron chi connectivity index (χ1n) is 5.91. The Bertz CT molecular complexity index is 615. The molecular weight excluding hydrogens is 306 g/mol. The molecule has 0 N–H and O–H groups in total. The van der Waals surface area contributed by atoms with Crippen molar-refractivity contribution in [3.05, 3.63) is 33.4 Å². The van der Waals surface area contributed by atoms with Crippen LogP contribution >= 0.6 is 10.7 Å². The van der Waals surface area contributed by atoms with E-state index >= 15 is 0 Å². The number of halogens is 1. The summed E-state index contributed by atoms with van der Waals surface area (Å²) in [6.07, 6.45) is 0. The van der Waals surface area contributed by atoms with Crippen LogP contribution in [0.5, 0.6) is 5.75 Å². The lowest BCUT2D eigenvalue weighted by Crippen LogP contribution is -2.17. The van der Waals surface area contributed by atoms with Gasteiger partial charge in [-0.05, 0) is 25.0 Å². The molecule has 0 heterocycles. The number of ether oxygens (including phenoxy) is 1. The third kappa shape index (κ3) is 4.97. The van der Waals surface area contributed by atoms with Gasteiger partial charge in [0.15, 0.2) is 5.75 Å². The van der Waals surface area contributed by atoms with Crippen LogP contribution in [0.4, 0.5) is 5.69 Å². The largest absolute Gasteiger partial charge is 0.486 e. The molecule has 0 spiro atoms. The zero-order valence-corrected chi connectivity index (χ0v) is 13.0. The Morgan fingerprint density at radius 3 is 2.50 bits per heavy atom. The summed E-state index contributed by atoms with van der Waals surface area (Å²) in [5, 5.41) is 11.0. The van der Waals surface area contributed by atoms with Gasteiger partial charge in [-0.1, -0.05) is 13.0 Å². The van der Waals surface area contributed by atoms with Crippen molar-refractivity contribution in [3.8, 4) is 5.75 Å². The topological polar surface area (TPSA) is 86.5 Å². The number of aryl methyl sites for hydroxylation is 2. The average molecular weight is 322 g/mol. The molecule has 0 amide bonds. The lowest BCUT2D eigenvalue weighted by atomic mass is 10.1. The molecule has 0 fully saturated rings. The molecule has 20 heavy (non-hydrogen) atoms. The molecule has 1 unspecified atom stereocenters. The highest BCUT2D eigenvalue weighted by Gasteiger charge is 2.20. The van der Waals surface area contributed by atoms with E-state index in [1.54, 1.807) is 26.8 Å². The molecule has 0 saturated heterocycles. The average Bonchev–Trinajstić information content (AvgIpc) is 2.24. The van der Waals surface area contributed by atoms with Gasteiger partial charge in [0.2, 0.25) is 9.05 Å². The molecule has 0 aliphatic heterocycles. The molecule has 8 heteroatoms. The van der Waals surface area contributed by atoms with Gasteiger partial charge in [-0.15, -0.1) is 0 Å². The summed E-state index contributed by atoms with van der Waals surface area (Å²) in [6, 6.07) is 3.19. The summed E-state index contributed by atoms with van der Waals surface area (Å²) in [6.45, 7) is 5.15. The van der Waals surface area contributed by atoms with Crippen molar-refractivity contribution < 1.29 is 18.1 Å². The van der Waals surface area contributed by atoms with Crippen LogP contribution < -0.4 is 4.74 Å². The van der Waals surface area contributed by atoms with E-state index in [4.69, 9.17) is 15.4 Å². The van der Waals surface area contributed by atoms with Gasteiger partial charge in [-0.25, -0.2) is 8.42 Å². The molecule has 0 aliphatic rings. The number of hydrogen-bond acceptors (Lipinski definition) is 5. The second-order valence-electron chi connectivity index (χ2n) is 4.81. The van der Waals surface area contributed by atoms with Crippen molar-refractivity contribution >= 4 is 25.4 Å². The van der Waals surface area contributed by atoms with Gasteiger partial charge in [0.25, 0.3) is 0 Å². The predicted octanol–water partition coefficient (Wildman–Crippen LogP) is 2.80. The van der Waals surface area contributed by atoms with Gasteiger partial charge in [0, 0.05) is 22.7 Å². The van der Waals surface area contributed by atoms with E-state index < -0.39 is 14.0 Å². The van der Waals surface area contributed by atoms with Gasteiger partial charge in [0.05, 0.1) is 17.3 Å². The fourth-order valence-corrected chi connectivity index (χ4v) is 3.29. The maximum Gasteiger partial charge on any atom is 0.311 e. The highest BCUT2D eigenvalue weighted by Crippen LogP contribution is 2.32. The summed E-state index contributed by atoms with van der Waals surface area (Å²) in [7, 11) is 1.54. The number of hydrogen-bond donors (Lipinski definition) is 0. The van der Waals surface area contributed by atoms with E-state index in [0.717, 1.165) is 5.56 Å². The fraction of sp³-hybridized carbons (Fsp3) is 0.500. The Labute approximate surface area is 122 Å².